The third-order valence-electron chi connectivity index (χ3n) is 3.41. The van der Waals surface area contributed by atoms with E-state index in [1.54, 1.807) is 6.20 Å². The summed E-state index contributed by atoms with van der Waals surface area (Å²) in [6.45, 7) is 3.15. The molecule has 0 radical (unpaired) electrons. The molecule has 0 aromatic carbocycles. The van der Waals surface area contributed by atoms with E-state index in [2.05, 4.69) is 83.9 Å². The summed E-state index contributed by atoms with van der Waals surface area (Å²) < 4.78 is 20.3. The maximum Gasteiger partial charge on any atom is 0.0785 e. The van der Waals surface area contributed by atoms with Crippen LogP contribution in [0.4, 0.5) is 4.39 Å². The molecule has 0 aliphatic rings. The first-order chi connectivity index (χ1) is 12.1. The van der Waals surface area contributed by atoms with Crippen molar-refractivity contribution in [2.75, 3.05) is 7.15 Å². The third-order valence-corrected chi connectivity index (χ3v) is 5.16. The number of aromatic nitrogens is 4. The second-order valence-corrected chi connectivity index (χ2v) is 7.04. The van der Waals surface area contributed by atoms with Crippen LogP contribution in [0.25, 0.3) is 21.8 Å². The van der Waals surface area contributed by atoms with Crippen LogP contribution in [0.3, 0.4) is 0 Å². The van der Waals surface area contributed by atoms with Crippen LogP contribution in [0.5, 0.6) is 0 Å². The van der Waals surface area contributed by atoms with Crippen LogP contribution in [0.15, 0.2) is 49.3 Å². The average molecular weight is 551 g/mol. The summed E-state index contributed by atoms with van der Waals surface area (Å²) >= 11 is 4.65. The van der Waals surface area contributed by atoms with E-state index in [1.165, 1.54) is 23.4 Å². The van der Waals surface area contributed by atoms with E-state index in [9.17, 15) is 4.39 Å². The minimum atomic E-state index is -1.00. The van der Waals surface area contributed by atoms with Crippen LogP contribution in [-0.4, -0.2) is 26.7 Å². The number of nitrogens with one attached hydrogen (secondary N) is 1. The maximum absolute atomic E-state index is 9.96. The molecule has 1 N–H and O–H groups in total. The molecule has 0 amide bonds. The summed E-state index contributed by atoms with van der Waals surface area (Å²) in [5.74, 6) is 0. The molecule has 0 aliphatic heterocycles. The molecule has 0 fully saturated rings. The molecular weight excluding hydrogens is 533 g/mol. The quantitative estimate of drug-likeness (QED) is 0.322. The first kappa shape index (κ1) is 17.6. The maximum atomic E-state index is 9.96. The first-order valence-electron chi connectivity index (χ1n) is 7.83. The Morgan fingerprint density at radius 2 is 1.83 bits per heavy atom. The molecule has 0 spiro atoms. The van der Waals surface area contributed by atoms with Gasteiger partial charge in [-0.05, 0) is 64.2 Å². The fourth-order valence-corrected chi connectivity index (χ4v) is 3.71. The fraction of sp³-hybridized carbons (Fsp3) is 0.176. The minimum Gasteiger partial charge on any atom is -0.359 e. The Morgan fingerprint density at radius 1 is 1.17 bits per heavy atom. The molecule has 0 bridgehead atoms. The molecule has 4 heterocycles. The Balaban J connectivity index is 0.000000158. The lowest BCUT2D eigenvalue weighted by Crippen LogP contribution is -1.90. The van der Waals surface area contributed by atoms with E-state index in [-0.39, 0.29) is 0 Å². The van der Waals surface area contributed by atoms with Gasteiger partial charge in [-0.3, -0.25) is 14.4 Å². The number of rotatable bonds is 1. The van der Waals surface area contributed by atoms with Gasteiger partial charge in [0.05, 0.1) is 32.0 Å². The van der Waals surface area contributed by atoms with Gasteiger partial charge in [-0.2, -0.15) is 0 Å². The van der Waals surface area contributed by atoms with Crippen LogP contribution >= 0.6 is 45.2 Å². The van der Waals surface area contributed by atoms with Gasteiger partial charge in [-0.15, -0.1) is 0 Å². The van der Waals surface area contributed by atoms with Gasteiger partial charge in [0.25, 0.3) is 0 Å². The lowest BCUT2D eigenvalue weighted by molar-refractivity contribution is 0.636. The van der Waals surface area contributed by atoms with E-state index in [4.69, 9.17) is 1.37 Å². The van der Waals surface area contributed by atoms with Crippen molar-refractivity contribution < 1.29 is 5.76 Å². The highest BCUT2D eigenvalue weighted by molar-refractivity contribution is 14.1. The Kier molecular flexibility index (Phi) is 6.82. The topological polar surface area (TPSA) is 46.5 Å². The van der Waals surface area contributed by atoms with E-state index >= 15 is 0 Å². The van der Waals surface area contributed by atoms with E-state index in [1.807, 2.05) is 30.9 Å². The predicted octanol–water partition coefficient (Wildman–Crippen LogP) is 5.41. The normalized spacial score (nSPS) is 10.6. The van der Waals surface area contributed by atoms with Crippen molar-refractivity contribution in [1.29, 1.82) is 0 Å². The zero-order valence-corrected chi connectivity index (χ0v) is 17.3. The number of H-pyrrole nitrogens is 1. The molecule has 4 aromatic rings. The number of hydrogen-bond acceptors (Lipinski definition) is 2. The van der Waals surface area contributed by atoms with Crippen molar-refractivity contribution in [3.05, 3.63) is 56.5 Å². The minimum absolute atomic E-state index is 1.00. The van der Waals surface area contributed by atoms with Gasteiger partial charge < -0.3 is 9.55 Å². The van der Waals surface area contributed by atoms with Crippen LogP contribution in [0.2, 0.25) is 0 Å². The number of fused-ring (bicyclic) bond motifs is 2. The van der Waals surface area contributed by atoms with Gasteiger partial charge >= 0.3 is 0 Å². The highest BCUT2D eigenvalue weighted by Gasteiger charge is 2.03. The summed E-state index contributed by atoms with van der Waals surface area (Å²) in [5, 5.41) is 2.54. The number of hydrogen-bond donors (Lipinski definition) is 1. The SMILES string of the molecule is CCn1cc(I)c2ccncc21.Ic1c[nH]c2cnccc12.[2H]CF. The van der Waals surface area contributed by atoms with Gasteiger partial charge in [-0.25, -0.2) is 0 Å². The van der Waals surface area contributed by atoms with Gasteiger partial charge in [0.15, 0.2) is 0 Å². The zero-order valence-electron chi connectivity index (χ0n) is 14.0. The van der Waals surface area contributed by atoms with Crippen molar-refractivity contribution in [1.82, 2.24) is 19.5 Å². The molecule has 4 nitrogen and oxygen atoms in total. The second kappa shape index (κ2) is 9.30. The van der Waals surface area contributed by atoms with Crippen molar-refractivity contribution in [3.8, 4) is 0 Å². The van der Waals surface area contributed by atoms with Crippen LogP contribution in [0, 0.1) is 7.14 Å². The summed E-state index contributed by atoms with van der Waals surface area (Å²) in [6, 6.07) is 4.07. The molecule has 0 saturated carbocycles. The highest BCUT2D eigenvalue weighted by Crippen LogP contribution is 2.21. The highest BCUT2D eigenvalue weighted by atomic mass is 127. The summed E-state index contributed by atoms with van der Waals surface area (Å²) in [6.07, 6.45) is 11.5. The zero-order chi connectivity index (χ0) is 18.2. The lowest BCUT2D eigenvalue weighted by atomic mass is 10.3. The van der Waals surface area contributed by atoms with Crippen molar-refractivity contribution in [3.63, 3.8) is 0 Å². The molecule has 7 heteroatoms. The lowest BCUT2D eigenvalue weighted by Gasteiger charge is -1.97. The number of nitrogens with zero attached hydrogens (tertiary/aromatic N) is 3. The van der Waals surface area contributed by atoms with Crippen LogP contribution in [0.1, 0.15) is 8.29 Å². The molecule has 0 unspecified atom stereocenters. The van der Waals surface area contributed by atoms with Gasteiger partial charge in [0, 0.05) is 49.2 Å². The number of aromatic amines is 1. The Labute approximate surface area is 168 Å². The van der Waals surface area contributed by atoms with E-state index in [0.29, 0.717) is 0 Å². The monoisotopic (exact) mass is 551 g/mol. The molecule has 0 saturated heterocycles. The molecule has 126 valence electrons. The van der Waals surface area contributed by atoms with Crippen molar-refractivity contribution >= 4 is 67.0 Å². The van der Waals surface area contributed by atoms with Gasteiger partial charge in [0.1, 0.15) is 0 Å². The smallest absolute Gasteiger partial charge is 0.0785 e. The first-order valence-corrected chi connectivity index (χ1v) is 9.28. The number of alkyl halides is 1. The Hall–Kier alpha value is -1.23. The number of aryl methyl sites for hydroxylation is 1. The van der Waals surface area contributed by atoms with Crippen molar-refractivity contribution in [2.45, 2.75) is 13.5 Å². The number of halogens is 3. The second-order valence-electron chi connectivity index (χ2n) is 4.71. The number of pyridine rings is 2. The average Bonchev–Trinajstić information content (AvgIpc) is 3.18. The molecule has 4 aromatic heterocycles. The van der Waals surface area contributed by atoms with E-state index in [0.717, 1.165) is 12.1 Å². The third kappa shape index (κ3) is 4.24. The largest absolute Gasteiger partial charge is 0.359 e. The molecular formula is C17H17FI2N4. The predicted molar refractivity (Wildman–Crippen MR) is 114 cm³/mol. The Morgan fingerprint density at radius 3 is 2.50 bits per heavy atom. The van der Waals surface area contributed by atoms with Crippen LogP contribution < -0.4 is 0 Å². The van der Waals surface area contributed by atoms with Gasteiger partial charge in [-0.1, -0.05) is 0 Å². The fourth-order valence-electron chi connectivity index (χ4n) is 2.29. The summed E-state index contributed by atoms with van der Waals surface area (Å²) in [5.41, 5.74) is 2.33. The Bertz CT molecular complexity index is 939. The molecule has 24 heavy (non-hydrogen) atoms. The summed E-state index contributed by atoms with van der Waals surface area (Å²) in [7, 11) is -1.00. The van der Waals surface area contributed by atoms with Crippen molar-refractivity contribution in [2.24, 2.45) is 0 Å². The van der Waals surface area contributed by atoms with Crippen LogP contribution in [-0.2, 0) is 6.54 Å². The molecule has 0 atom stereocenters. The standard InChI is InChI=1S/C9H9IN2.C7H5IN2.CH3F/c1-2-12-6-8(10)7-3-4-11-5-9(7)12;8-6-3-10-7-4-9-2-1-5(6)7;1-2/h3-6H,2H2,1H3;1-4,10H;1H3/i;;1D. The molecule has 0 aliphatic carbocycles. The van der Waals surface area contributed by atoms with E-state index < -0.39 is 7.15 Å². The van der Waals surface area contributed by atoms with Gasteiger partial charge in [0.2, 0.25) is 0 Å². The summed E-state index contributed by atoms with van der Waals surface area (Å²) in [4.78, 5) is 11.2. The molecule has 4 rings (SSSR count).